The largest absolute Gasteiger partial charge is 0.346 e. The first kappa shape index (κ1) is 18.9. The summed E-state index contributed by atoms with van der Waals surface area (Å²) in [7, 11) is 2.25. The summed E-state index contributed by atoms with van der Waals surface area (Å²) < 4.78 is 0. The highest BCUT2D eigenvalue weighted by Crippen LogP contribution is 2.12. The summed E-state index contributed by atoms with van der Waals surface area (Å²) in [6.07, 6.45) is 0. The van der Waals surface area contributed by atoms with Crippen LogP contribution in [0.1, 0.15) is 27.5 Å². The molecule has 0 aromatic heterocycles. The van der Waals surface area contributed by atoms with E-state index in [2.05, 4.69) is 43.6 Å². The fraction of sp³-hybridized carbons (Fsp3) is 0.381. The van der Waals surface area contributed by atoms with Gasteiger partial charge in [-0.2, -0.15) is 0 Å². The summed E-state index contributed by atoms with van der Waals surface area (Å²) >= 11 is 5.91. The Morgan fingerprint density at radius 3 is 2.27 bits per heavy atom. The molecular weight excluding hydrogens is 346 g/mol. The fourth-order valence-electron chi connectivity index (χ4n) is 3.54. The van der Waals surface area contributed by atoms with Crippen LogP contribution in [0, 0.1) is 6.92 Å². The second kappa shape index (κ2) is 8.67. The summed E-state index contributed by atoms with van der Waals surface area (Å²) in [6, 6.07) is 16.0. The molecule has 0 aliphatic carbocycles. The van der Waals surface area contributed by atoms with Crippen LogP contribution in [0.3, 0.4) is 0 Å². The molecule has 1 aliphatic heterocycles. The van der Waals surface area contributed by atoms with Crippen molar-refractivity contribution in [3.63, 3.8) is 0 Å². The van der Waals surface area contributed by atoms with Crippen LogP contribution >= 0.6 is 11.6 Å². The SMILES string of the molecule is Cc1ccc([C@@H](CNC(=O)c2ccc(Cl)cc2)[NH+]2CC[NH+](C)CC2)cc1. The number of carbonyl (C=O) groups is 1. The van der Waals surface area contributed by atoms with Crippen molar-refractivity contribution in [1.82, 2.24) is 5.32 Å². The van der Waals surface area contributed by atoms with Gasteiger partial charge in [-0.15, -0.1) is 0 Å². The summed E-state index contributed by atoms with van der Waals surface area (Å²) in [6.45, 7) is 7.33. The molecule has 5 heteroatoms. The summed E-state index contributed by atoms with van der Waals surface area (Å²) in [4.78, 5) is 15.6. The third-order valence-electron chi connectivity index (χ3n) is 5.29. The lowest BCUT2D eigenvalue weighted by molar-refractivity contribution is -1.02. The van der Waals surface area contributed by atoms with E-state index in [0.717, 1.165) is 13.1 Å². The Morgan fingerprint density at radius 2 is 1.65 bits per heavy atom. The molecule has 138 valence electrons. The van der Waals surface area contributed by atoms with Gasteiger partial charge in [-0.05, 0) is 31.2 Å². The number of rotatable bonds is 5. The Bertz CT molecular complexity index is 722. The number of likely N-dealkylation sites (N-methyl/N-ethyl adjacent to an activating group) is 1. The van der Waals surface area contributed by atoms with Gasteiger partial charge >= 0.3 is 0 Å². The average Bonchev–Trinajstić information content (AvgIpc) is 2.65. The zero-order valence-electron chi connectivity index (χ0n) is 15.5. The minimum Gasteiger partial charge on any atom is -0.346 e. The van der Waals surface area contributed by atoms with Gasteiger partial charge in [0.25, 0.3) is 5.91 Å². The molecule has 2 aromatic carbocycles. The van der Waals surface area contributed by atoms with E-state index in [0.29, 0.717) is 17.1 Å². The number of hydrogen-bond donors (Lipinski definition) is 3. The van der Waals surface area contributed by atoms with Crippen LogP contribution in [0.2, 0.25) is 5.02 Å². The Labute approximate surface area is 160 Å². The topological polar surface area (TPSA) is 38.0 Å². The molecule has 1 aliphatic rings. The maximum absolute atomic E-state index is 12.5. The lowest BCUT2D eigenvalue weighted by Gasteiger charge is -2.33. The van der Waals surface area contributed by atoms with E-state index in [1.807, 2.05) is 0 Å². The normalized spacial score (nSPS) is 21.2. The van der Waals surface area contributed by atoms with Gasteiger partial charge in [0.1, 0.15) is 32.2 Å². The van der Waals surface area contributed by atoms with Crippen LogP contribution in [0.15, 0.2) is 48.5 Å². The Morgan fingerprint density at radius 1 is 1.04 bits per heavy atom. The zero-order chi connectivity index (χ0) is 18.5. The van der Waals surface area contributed by atoms with Gasteiger partial charge in [0.2, 0.25) is 0 Å². The molecule has 1 heterocycles. The number of nitrogens with one attached hydrogen (secondary N) is 3. The van der Waals surface area contributed by atoms with E-state index in [4.69, 9.17) is 11.6 Å². The van der Waals surface area contributed by atoms with E-state index in [1.54, 1.807) is 34.1 Å². The van der Waals surface area contributed by atoms with Crippen molar-refractivity contribution in [3.8, 4) is 0 Å². The van der Waals surface area contributed by atoms with E-state index < -0.39 is 0 Å². The van der Waals surface area contributed by atoms with Crippen LogP contribution in [-0.2, 0) is 0 Å². The number of aryl methyl sites for hydroxylation is 1. The van der Waals surface area contributed by atoms with Gasteiger partial charge in [0.05, 0.1) is 13.6 Å². The number of benzene rings is 2. The van der Waals surface area contributed by atoms with Gasteiger partial charge in [0.15, 0.2) is 0 Å². The maximum atomic E-state index is 12.5. The van der Waals surface area contributed by atoms with E-state index in [9.17, 15) is 4.79 Å². The van der Waals surface area contributed by atoms with Gasteiger partial charge in [-0.25, -0.2) is 0 Å². The molecular formula is C21H28ClN3O+2. The van der Waals surface area contributed by atoms with Crippen molar-refractivity contribution in [2.24, 2.45) is 0 Å². The first-order valence-electron chi connectivity index (χ1n) is 9.29. The quantitative estimate of drug-likeness (QED) is 0.703. The predicted octanol–water partition coefficient (Wildman–Crippen LogP) is 0.533. The van der Waals surface area contributed by atoms with Crippen LogP contribution in [0.25, 0.3) is 0 Å². The van der Waals surface area contributed by atoms with Crippen molar-refractivity contribution in [3.05, 3.63) is 70.2 Å². The lowest BCUT2D eigenvalue weighted by Crippen LogP contribution is -3.27. The number of piperazine rings is 1. The molecule has 0 bridgehead atoms. The molecule has 3 rings (SSSR count). The molecule has 0 unspecified atom stereocenters. The molecule has 2 aromatic rings. The van der Waals surface area contributed by atoms with E-state index in [1.165, 1.54) is 24.2 Å². The van der Waals surface area contributed by atoms with Gasteiger partial charge in [0, 0.05) is 16.1 Å². The molecule has 1 atom stereocenters. The van der Waals surface area contributed by atoms with E-state index in [-0.39, 0.29) is 11.9 Å². The van der Waals surface area contributed by atoms with Crippen LogP contribution < -0.4 is 15.1 Å². The molecule has 4 nitrogen and oxygen atoms in total. The van der Waals surface area contributed by atoms with E-state index >= 15 is 0 Å². The number of halogens is 1. The summed E-state index contributed by atoms with van der Waals surface area (Å²) in [5.74, 6) is -0.0436. The highest BCUT2D eigenvalue weighted by atomic mass is 35.5. The smallest absolute Gasteiger partial charge is 0.251 e. The third-order valence-corrected chi connectivity index (χ3v) is 5.54. The third kappa shape index (κ3) is 4.85. The molecule has 3 N–H and O–H groups in total. The van der Waals surface area contributed by atoms with Crippen molar-refractivity contribution < 1.29 is 14.6 Å². The Kier molecular flexibility index (Phi) is 6.30. The lowest BCUT2D eigenvalue weighted by atomic mass is 10.0. The Balaban J connectivity index is 1.71. The first-order valence-corrected chi connectivity index (χ1v) is 9.67. The monoisotopic (exact) mass is 373 g/mol. The van der Waals surface area contributed by atoms with Gasteiger partial charge < -0.3 is 15.1 Å². The second-order valence-corrected chi connectivity index (χ2v) is 7.73. The highest BCUT2D eigenvalue weighted by molar-refractivity contribution is 6.30. The molecule has 0 saturated carbocycles. The minimum atomic E-state index is -0.0436. The van der Waals surface area contributed by atoms with Crippen LogP contribution in [0.4, 0.5) is 0 Å². The van der Waals surface area contributed by atoms with Crippen molar-refractivity contribution in [2.45, 2.75) is 13.0 Å². The first-order chi connectivity index (χ1) is 12.5. The van der Waals surface area contributed by atoms with Crippen molar-refractivity contribution in [2.75, 3.05) is 39.8 Å². The molecule has 0 radical (unpaired) electrons. The van der Waals surface area contributed by atoms with Crippen LogP contribution in [-0.4, -0.2) is 45.7 Å². The minimum absolute atomic E-state index is 0.0436. The van der Waals surface area contributed by atoms with Gasteiger partial charge in [-0.1, -0.05) is 41.4 Å². The predicted molar refractivity (Wildman–Crippen MR) is 105 cm³/mol. The second-order valence-electron chi connectivity index (χ2n) is 7.30. The molecule has 0 spiro atoms. The number of carbonyl (C=O) groups excluding carboxylic acids is 1. The summed E-state index contributed by atoms with van der Waals surface area (Å²) in [5, 5.41) is 3.77. The maximum Gasteiger partial charge on any atom is 0.251 e. The standard InChI is InChI=1S/C21H26ClN3O/c1-16-3-5-17(6-4-16)20(25-13-11-24(2)12-14-25)15-23-21(26)18-7-9-19(22)10-8-18/h3-10,20H,11-15H2,1-2H3,(H,23,26)/p+2/t20-/m1/s1. The highest BCUT2D eigenvalue weighted by Gasteiger charge is 2.29. The van der Waals surface area contributed by atoms with Crippen LogP contribution in [0.5, 0.6) is 0 Å². The number of quaternary nitrogens is 2. The number of amides is 1. The van der Waals surface area contributed by atoms with Crippen molar-refractivity contribution in [1.29, 1.82) is 0 Å². The summed E-state index contributed by atoms with van der Waals surface area (Å²) in [5.41, 5.74) is 3.20. The molecule has 1 saturated heterocycles. The number of hydrogen-bond acceptors (Lipinski definition) is 1. The fourth-order valence-corrected chi connectivity index (χ4v) is 3.67. The van der Waals surface area contributed by atoms with Gasteiger partial charge in [-0.3, -0.25) is 4.79 Å². The van der Waals surface area contributed by atoms with Crippen molar-refractivity contribution >= 4 is 17.5 Å². The zero-order valence-corrected chi connectivity index (χ0v) is 16.3. The molecule has 1 amide bonds. The average molecular weight is 374 g/mol. The Hall–Kier alpha value is -1.88. The molecule has 1 fully saturated rings. The molecule has 26 heavy (non-hydrogen) atoms.